The van der Waals surface area contributed by atoms with Crippen LogP contribution >= 0.6 is 0 Å². The molecule has 1 aromatic heterocycles. The van der Waals surface area contributed by atoms with Gasteiger partial charge < -0.3 is 5.21 Å². The first-order chi connectivity index (χ1) is 13.2. The maximum atomic E-state index is 12.7. The van der Waals surface area contributed by atoms with Gasteiger partial charge in [-0.2, -0.15) is 0 Å². The number of hydrogen-bond acceptors (Lipinski definition) is 4. The fourth-order valence-corrected chi connectivity index (χ4v) is 3.30. The number of oxime groups is 1. The second kappa shape index (κ2) is 14.2. The van der Waals surface area contributed by atoms with Crippen molar-refractivity contribution in [3.63, 3.8) is 0 Å². The van der Waals surface area contributed by atoms with E-state index >= 15 is 0 Å². The van der Waals surface area contributed by atoms with Crippen molar-refractivity contribution in [3.8, 4) is 0 Å². The standard InChI is InChI=1S/C21H37N3O3/c1-3-5-7-9-11-13-15-23-18-19(17-22-27)20(25)24(21(23)26)16-14-12-10-8-6-4-2/h17-18,27H,3-16H2,1-2H3/b22-17+. The quantitative estimate of drug-likeness (QED) is 0.210. The highest BCUT2D eigenvalue weighted by molar-refractivity contribution is 5.77. The molecule has 1 N–H and O–H groups in total. The normalized spacial score (nSPS) is 11.5. The van der Waals surface area contributed by atoms with E-state index in [1.807, 2.05) is 0 Å². The first kappa shape index (κ1) is 23.2. The average molecular weight is 380 g/mol. The Bertz CT molecular complexity index is 662. The largest absolute Gasteiger partial charge is 0.411 e. The second-order valence-corrected chi connectivity index (χ2v) is 7.30. The second-order valence-electron chi connectivity index (χ2n) is 7.30. The molecule has 0 saturated heterocycles. The molecular weight excluding hydrogens is 342 g/mol. The van der Waals surface area contributed by atoms with Crippen molar-refractivity contribution in [2.45, 2.75) is 104 Å². The molecule has 0 aromatic carbocycles. The van der Waals surface area contributed by atoms with Gasteiger partial charge in [0.25, 0.3) is 5.56 Å². The molecule has 0 radical (unpaired) electrons. The van der Waals surface area contributed by atoms with Crippen molar-refractivity contribution in [1.29, 1.82) is 0 Å². The van der Waals surface area contributed by atoms with Gasteiger partial charge in [0, 0.05) is 19.3 Å². The Morgan fingerprint density at radius 3 is 1.93 bits per heavy atom. The lowest BCUT2D eigenvalue weighted by atomic mass is 10.1. The molecule has 0 amide bonds. The molecule has 0 aliphatic rings. The predicted molar refractivity (Wildman–Crippen MR) is 111 cm³/mol. The number of rotatable bonds is 15. The van der Waals surface area contributed by atoms with E-state index in [9.17, 15) is 9.59 Å². The van der Waals surface area contributed by atoms with Gasteiger partial charge in [-0.15, -0.1) is 0 Å². The lowest BCUT2D eigenvalue weighted by Gasteiger charge is -2.12. The van der Waals surface area contributed by atoms with Crippen LogP contribution in [0, 0.1) is 0 Å². The van der Waals surface area contributed by atoms with Gasteiger partial charge in [-0.05, 0) is 12.8 Å². The SMILES string of the molecule is CCCCCCCCn1cc(/C=N/O)c(=O)n(CCCCCCCC)c1=O. The molecule has 1 rings (SSSR count). The summed E-state index contributed by atoms with van der Waals surface area (Å²) in [4.78, 5) is 25.2. The number of aromatic nitrogens is 2. The summed E-state index contributed by atoms with van der Waals surface area (Å²) in [6, 6.07) is 0. The van der Waals surface area contributed by atoms with Gasteiger partial charge in [0.15, 0.2) is 0 Å². The fourth-order valence-electron chi connectivity index (χ4n) is 3.30. The van der Waals surface area contributed by atoms with Crippen LogP contribution < -0.4 is 11.2 Å². The number of hydrogen-bond donors (Lipinski definition) is 1. The lowest BCUT2D eigenvalue weighted by molar-refractivity contribution is 0.321. The third kappa shape index (κ3) is 8.59. The van der Waals surface area contributed by atoms with Crippen LogP contribution in [-0.2, 0) is 13.1 Å². The molecule has 0 unspecified atom stereocenters. The van der Waals surface area contributed by atoms with Gasteiger partial charge in [-0.3, -0.25) is 13.9 Å². The smallest absolute Gasteiger partial charge is 0.330 e. The first-order valence-electron chi connectivity index (χ1n) is 10.7. The Labute approximate surface area is 162 Å². The van der Waals surface area contributed by atoms with E-state index in [1.54, 1.807) is 4.57 Å². The molecular formula is C21H37N3O3. The van der Waals surface area contributed by atoms with E-state index in [1.165, 1.54) is 55.7 Å². The van der Waals surface area contributed by atoms with Crippen molar-refractivity contribution in [1.82, 2.24) is 9.13 Å². The molecule has 1 aromatic rings. The predicted octanol–water partition coefficient (Wildman–Crippen LogP) is 4.54. The zero-order valence-corrected chi connectivity index (χ0v) is 17.2. The number of aryl methyl sites for hydroxylation is 1. The Balaban J connectivity index is 2.74. The molecule has 27 heavy (non-hydrogen) atoms. The number of unbranched alkanes of at least 4 members (excludes halogenated alkanes) is 10. The van der Waals surface area contributed by atoms with E-state index in [4.69, 9.17) is 5.21 Å². The Morgan fingerprint density at radius 2 is 1.37 bits per heavy atom. The highest BCUT2D eigenvalue weighted by Crippen LogP contribution is 2.07. The van der Waals surface area contributed by atoms with E-state index in [2.05, 4.69) is 19.0 Å². The Hall–Kier alpha value is -1.85. The summed E-state index contributed by atoms with van der Waals surface area (Å²) in [6.45, 7) is 5.39. The lowest BCUT2D eigenvalue weighted by Crippen LogP contribution is -2.41. The van der Waals surface area contributed by atoms with Crippen molar-refractivity contribution >= 4 is 6.21 Å². The zero-order valence-electron chi connectivity index (χ0n) is 17.2. The third-order valence-electron chi connectivity index (χ3n) is 4.95. The molecule has 1 heterocycles. The first-order valence-corrected chi connectivity index (χ1v) is 10.7. The van der Waals surface area contributed by atoms with Crippen LogP contribution in [0.25, 0.3) is 0 Å². The maximum absolute atomic E-state index is 12.7. The maximum Gasteiger partial charge on any atom is 0.330 e. The third-order valence-corrected chi connectivity index (χ3v) is 4.95. The van der Waals surface area contributed by atoms with Crippen molar-refractivity contribution in [3.05, 3.63) is 32.6 Å². The molecule has 6 heteroatoms. The summed E-state index contributed by atoms with van der Waals surface area (Å²) in [5.74, 6) is 0. The summed E-state index contributed by atoms with van der Waals surface area (Å²) in [5.41, 5.74) is -0.364. The van der Waals surface area contributed by atoms with Crippen LogP contribution in [0.1, 0.15) is 96.5 Å². The minimum absolute atomic E-state index is 0.253. The van der Waals surface area contributed by atoms with Crippen LogP contribution in [0.2, 0.25) is 0 Å². The molecule has 0 atom stereocenters. The molecule has 0 aliphatic carbocycles. The van der Waals surface area contributed by atoms with Crippen molar-refractivity contribution < 1.29 is 5.21 Å². The minimum atomic E-state index is -0.370. The highest BCUT2D eigenvalue weighted by Gasteiger charge is 2.10. The average Bonchev–Trinajstić information content (AvgIpc) is 2.66. The van der Waals surface area contributed by atoms with Crippen LogP contribution in [-0.4, -0.2) is 20.6 Å². The molecule has 154 valence electrons. The molecule has 0 fully saturated rings. The molecule has 0 aliphatic heterocycles. The number of nitrogens with zero attached hydrogens (tertiary/aromatic N) is 3. The summed E-state index contributed by atoms with van der Waals surface area (Å²) < 4.78 is 2.89. The molecule has 0 saturated carbocycles. The Morgan fingerprint density at radius 1 is 0.852 bits per heavy atom. The zero-order chi connectivity index (χ0) is 19.9. The summed E-state index contributed by atoms with van der Waals surface area (Å²) in [6.07, 6.45) is 16.1. The monoisotopic (exact) mass is 379 g/mol. The summed E-state index contributed by atoms with van der Waals surface area (Å²) in [5, 5.41) is 11.8. The summed E-state index contributed by atoms with van der Waals surface area (Å²) >= 11 is 0. The molecule has 6 nitrogen and oxygen atoms in total. The van der Waals surface area contributed by atoms with Gasteiger partial charge in [0.1, 0.15) is 0 Å². The fraction of sp³-hybridized carbons (Fsp3) is 0.762. The van der Waals surface area contributed by atoms with Gasteiger partial charge in [-0.1, -0.05) is 83.2 Å². The van der Waals surface area contributed by atoms with E-state index < -0.39 is 0 Å². The van der Waals surface area contributed by atoms with E-state index in [0.717, 1.165) is 38.3 Å². The van der Waals surface area contributed by atoms with Crippen molar-refractivity contribution in [2.24, 2.45) is 5.16 Å². The van der Waals surface area contributed by atoms with Crippen LogP contribution in [0.5, 0.6) is 0 Å². The Kier molecular flexibility index (Phi) is 12.2. The molecule has 0 bridgehead atoms. The van der Waals surface area contributed by atoms with Crippen LogP contribution in [0.3, 0.4) is 0 Å². The van der Waals surface area contributed by atoms with Gasteiger partial charge in [0.05, 0.1) is 11.8 Å². The van der Waals surface area contributed by atoms with Crippen LogP contribution in [0.4, 0.5) is 0 Å². The van der Waals surface area contributed by atoms with Gasteiger partial charge in [-0.25, -0.2) is 4.79 Å². The minimum Gasteiger partial charge on any atom is -0.411 e. The summed E-state index contributed by atoms with van der Waals surface area (Å²) in [7, 11) is 0. The van der Waals surface area contributed by atoms with Crippen molar-refractivity contribution in [2.75, 3.05) is 0 Å². The van der Waals surface area contributed by atoms with E-state index in [0.29, 0.717) is 13.1 Å². The van der Waals surface area contributed by atoms with Gasteiger partial charge in [0.2, 0.25) is 0 Å². The molecule has 0 spiro atoms. The van der Waals surface area contributed by atoms with Gasteiger partial charge >= 0.3 is 5.69 Å². The van der Waals surface area contributed by atoms with Crippen LogP contribution in [0.15, 0.2) is 20.9 Å². The highest BCUT2D eigenvalue weighted by atomic mass is 16.4. The van der Waals surface area contributed by atoms with E-state index in [-0.39, 0.29) is 16.8 Å². The topological polar surface area (TPSA) is 76.6 Å².